The van der Waals surface area contributed by atoms with Crippen molar-refractivity contribution >= 4 is 34.3 Å². The number of amides is 1. The number of rotatable bonds is 7. The summed E-state index contributed by atoms with van der Waals surface area (Å²) in [5, 5.41) is 2.41. The normalized spacial score (nSPS) is 11.8. The van der Waals surface area contributed by atoms with Gasteiger partial charge >= 0.3 is 0 Å². The van der Waals surface area contributed by atoms with Crippen LogP contribution in [0.2, 0.25) is 0 Å². The number of halogens is 2. The maximum Gasteiger partial charge on any atom is 0.266 e. The number of hydrogen-bond donors (Lipinski definition) is 1. The molecule has 0 saturated carbocycles. The van der Waals surface area contributed by atoms with Gasteiger partial charge in [0.15, 0.2) is 16.7 Å². The molecule has 1 aromatic heterocycles. The molecule has 0 spiro atoms. The average Bonchev–Trinajstić information content (AvgIpc) is 2.85. The van der Waals surface area contributed by atoms with Crippen LogP contribution < -0.4 is 20.3 Å². The van der Waals surface area contributed by atoms with Crippen molar-refractivity contribution < 1.29 is 23.0 Å². The molecule has 0 radical (unpaired) electrons. The molecule has 10 heteroatoms. The molecule has 0 bridgehead atoms. The number of carbonyl (C=O) groups excluding carboxylic acids is 1. The van der Waals surface area contributed by atoms with Crippen molar-refractivity contribution in [2.75, 3.05) is 19.5 Å². The van der Waals surface area contributed by atoms with Crippen LogP contribution in [0, 0.1) is 11.6 Å². The summed E-state index contributed by atoms with van der Waals surface area (Å²) in [6.07, 6.45) is 0. The van der Waals surface area contributed by atoms with Crippen molar-refractivity contribution in [3.05, 3.63) is 82.7 Å². The largest absolute Gasteiger partial charge is 0.493 e. The Labute approximate surface area is 203 Å². The summed E-state index contributed by atoms with van der Waals surface area (Å²) in [7, 11) is 3.00. The predicted molar refractivity (Wildman–Crippen MR) is 131 cm³/mol. The molecule has 4 aromatic rings. The number of benzene rings is 3. The molecule has 0 aliphatic carbocycles. The van der Waals surface area contributed by atoms with E-state index < -0.39 is 22.4 Å². The summed E-state index contributed by atoms with van der Waals surface area (Å²) >= 11 is 0.975. The standard InChI is InChI=1S/C25H21F2N3O4S/c1-14(23(31)28-16-9-11-21(33-2)22(13-16)34-3)35-25-29-19-7-5-4-6-17(19)24(32)30(25)20-10-8-15(26)12-18(20)27/h4-14H,1-3H3,(H,28,31). The molecule has 1 heterocycles. The summed E-state index contributed by atoms with van der Waals surface area (Å²) in [4.78, 5) is 30.7. The first kappa shape index (κ1) is 24.2. The van der Waals surface area contributed by atoms with E-state index in [1.54, 1.807) is 49.4 Å². The number of ether oxygens (including phenoxy) is 2. The number of fused-ring (bicyclic) bond motifs is 1. The second-order valence-corrected chi connectivity index (χ2v) is 8.77. The number of methoxy groups -OCH3 is 2. The number of anilines is 1. The van der Waals surface area contributed by atoms with Crippen LogP contribution in [0.1, 0.15) is 6.92 Å². The zero-order valence-corrected chi connectivity index (χ0v) is 19.9. The molecule has 1 N–H and O–H groups in total. The lowest BCUT2D eigenvalue weighted by atomic mass is 10.2. The number of nitrogens with one attached hydrogen (secondary N) is 1. The topological polar surface area (TPSA) is 82.5 Å². The molecule has 1 unspecified atom stereocenters. The minimum absolute atomic E-state index is 0.0918. The van der Waals surface area contributed by atoms with Crippen LogP contribution >= 0.6 is 11.8 Å². The fraction of sp³-hybridized carbons (Fsp3) is 0.160. The summed E-state index contributed by atoms with van der Waals surface area (Å²) < 4.78 is 39.7. The Hall–Kier alpha value is -3.92. The van der Waals surface area contributed by atoms with E-state index in [0.717, 1.165) is 22.4 Å². The summed E-state index contributed by atoms with van der Waals surface area (Å²) in [6.45, 7) is 1.63. The lowest BCUT2D eigenvalue weighted by molar-refractivity contribution is -0.115. The Bertz CT molecular complexity index is 1480. The Balaban J connectivity index is 1.70. The fourth-order valence-corrected chi connectivity index (χ4v) is 4.36. The van der Waals surface area contributed by atoms with Gasteiger partial charge in [-0.1, -0.05) is 23.9 Å². The highest BCUT2D eigenvalue weighted by molar-refractivity contribution is 8.00. The maximum absolute atomic E-state index is 14.7. The molecule has 4 rings (SSSR count). The van der Waals surface area contributed by atoms with Gasteiger partial charge in [0.25, 0.3) is 5.56 Å². The highest BCUT2D eigenvalue weighted by Crippen LogP contribution is 2.31. The van der Waals surface area contributed by atoms with Crippen LogP contribution in [-0.2, 0) is 4.79 Å². The minimum Gasteiger partial charge on any atom is -0.493 e. The van der Waals surface area contributed by atoms with Gasteiger partial charge < -0.3 is 14.8 Å². The van der Waals surface area contributed by atoms with Crippen LogP contribution in [0.25, 0.3) is 16.6 Å². The Kier molecular flexibility index (Phi) is 7.02. The highest BCUT2D eigenvalue weighted by Gasteiger charge is 2.22. The van der Waals surface area contributed by atoms with Crippen molar-refractivity contribution in [3.63, 3.8) is 0 Å². The molecule has 0 fully saturated rings. The van der Waals surface area contributed by atoms with Crippen molar-refractivity contribution in [1.82, 2.24) is 9.55 Å². The summed E-state index contributed by atoms with van der Waals surface area (Å²) in [5.41, 5.74) is 0.181. The molecular formula is C25H21F2N3O4S. The SMILES string of the molecule is COc1ccc(NC(=O)C(C)Sc2nc3ccccc3c(=O)n2-c2ccc(F)cc2F)cc1OC. The van der Waals surface area contributed by atoms with Gasteiger partial charge in [0.2, 0.25) is 5.91 Å². The van der Waals surface area contributed by atoms with Gasteiger partial charge in [-0.05, 0) is 43.3 Å². The van der Waals surface area contributed by atoms with Gasteiger partial charge in [-0.25, -0.2) is 13.8 Å². The first-order chi connectivity index (χ1) is 16.8. The fourth-order valence-electron chi connectivity index (χ4n) is 3.44. The second kappa shape index (κ2) is 10.1. The van der Waals surface area contributed by atoms with Crippen LogP contribution in [0.5, 0.6) is 11.5 Å². The molecule has 3 aromatic carbocycles. The van der Waals surface area contributed by atoms with E-state index in [-0.39, 0.29) is 22.1 Å². The van der Waals surface area contributed by atoms with E-state index in [1.807, 2.05) is 0 Å². The minimum atomic E-state index is -0.923. The smallest absolute Gasteiger partial charge is 0.266 e. The van der Waals surface area contributed by atoms with Gasteiger partial charge in [-0.3, -0.25) is 14.2 Å². The molecule has 1 amide bonds. The third-order valence-electron chi connectivity index (χ3n) is 5.20. The van der Waals surface area contributed by atoms with Crippen LogP contribution in [-0.4, -0.2) is 34.9 Å². The molecule has 0 aliphatic heterocycles. The van der Waals surface area contributed by atoms with E-state index in [1.165, 1.54) is 20.3 Å². The van der Waals surface area contributed by atoms with E-state index in [2.05, 4.69) is 10.3 Å². The number of thioether (sulfide) groups is 1. The quantitative estimate of drug-likeness (QED) is 0.292. The predicted octanol–water partition coefficient (Wildman–Crippen LogP) is 4.80. The maximum atomic E-state index is 14.7. The van der Waals surface area contributed by atoms with E-state index in [4.69, 9.17) is 9.47 Å². The zero-order chi connectivity index (χ0) is 25.1. The third-order valence-corrected chi connectivity index (χ3v) is 6.25. The Morgan fingerprint density at radius 2 is 1.77 bits per heavy atom. The molecule has 0 saturated heterocycles. The van der Waals surface area contributed by atoms with Crippen molar-refractivity contribution in [2.24, 2.45) is 0 Å². The van der Waals surface area contributed by atoms with Gasteiger partial charge in [0, 0.05) is 17.8 Å². The molecule has 0 aliphatic rings. The molecule has 35 heavy (non-hydrogen) atoms. The summed E-state index contributed by atoms with van der Waals surface area (Å²) in [5.74, 6) is -1.12. The Morgan fingerprint density at radius 3 is 2.49 bits per heavy atom. The number of hydrogen-bond acceptors (Lipinski definition) is 6. The molecule has 7 nitrogen and oxygen atoms in total. The van der Waals surface area contributed by atoms with Crippen LogP contribution in [0.4, 0.5) is 14.5 Å². The number of aromatic nitrogens is 2. The van der Waals surface area contributed by atoms with Gasteiger partial charge in [-0.2, -0.15) is 0 Å². The molecule has 180 valence electrons. The second-order valence-electron chi connectivity index (χ2n) is 7.47. The number of nitrogens with zero attached hydrogens (tertiary/aromatic N) is 2. The lowest BCUT2D eigenvalue weighted by Crippen LogP contribution is -2.26. The van der Waals surface area contributed by atoms with E-state index >= 15 is 0 Å². The van der Waals surface area contributed by atoms with Gasteiger partial charge in [0.05, 0.1) is 36.1 Å². The highest BCUT2D eigenvalue weighted by atomic mass is 32.2. The van der Waals surface area contributed by atoms with Gasteiger partial charge in [0.1, 0.15) is 11.6 Å². The Morgan fingerprint density at radius 1 is 1.03 bits per heavy atom. The molecule has 1 atom stereocenters. The van der Waals surface area contributed by atoms with E-state index in [0.29, 0.717) is 28.8 Å². The van der Waals surface area contributed by atoms with Crippen molar-refractivity contribution in [1.29, 1.82) is 0 Å². The number of carbonyl (C=O) groups is 1. The van der Waals surface area contributed by atoms with Crippen molar-refractivity contribution in [3.8, 4) is 17.2 Å². The van der Waals surface area contributed by atoms with E-state index in [9.17, 15) is 18.4 Å². The first-order valence-electron chi connectivity index (χ1n) is 10.5. The molecular weight excluding hydrogens is 476 g/mol. The zero-order valence-electron chi connectivity index (χ0n) is 19.0. The average molecular weight is 498 g/mol. The number of para-hydroxylation sites is 1. The van der Waals surface area contributed by atoms with Crippen molar-refractivity contribution in [2.45, 2.75) is 17.3 Å². The van der Waals surface area contributed by atoms with Crippen LogP contribution in [0.15, 0.2) is 70.6 Å². The van der Waals surface area contributed by atoms with Crippen LogP contribution in [0.3, 0.4) is 0 Å². The summed E-state index contributed by atoms with van der Waals surface area (Å²) in [6, 6.07) is 14.5. The van der Waals surface area contributed by atoms with Gasteiger partial charge in [-0.15, -0.1) is 0 Å². The monoisotopic (exact) mass is 497 g/mol. The first-order valence-corrected chi connectivity index (χ1v) is 11.4. The lowest BCUT2D eigenvalue weighted by Gasteiger charge is -2.17. The third kappa shape index (κ3) is 4.97.